The molecule has 4 aromatic heterocycles. The first-order valence-electron chi connectivity index (χ1n) is 22.3. The maximum Gasteiger partial charge on any atom is 0.164 e. The quantitative estimate of drug-likeness (QED) is 0.172. The lowest BCUT2D eigenvalue weighted by molar-refractivity contribution is 0.660. The van der Waals surface area contributed by atoms with Crippen molar-refractivity contribution in [2.45, 2.75) is 19.3 Å². The van der Waals surface area contributed by atoms with Gasteiger partial charge >= 0.3 is 0 Å². The topological polar surface area (TPSA) is 65.0 Å². The van der Waals surface area contributed by atoms with Crippen LogP contribution in [0.4, 0.5) is 0 Å². The van der Waals surface area contributed by atoms with Crippen LogP contribution in [0.15, 0.2) is 197 Å². The van der Waals surface area contributed by atoms with Crippen LogP contribution in [0, 0.1) is 0 Å². The molecule has 66 heavy (non-hydrogen) atoms. The minimum Gasteiger partial charge on any atom is -0.456 e. The lowest BCUT2D eigenvalue weighted by Crippen LogP contribution is -2.14. The van der Waals surface area contributed by atoms with E-state index in [4.69, 9.17) is 23.8 Å². The van der Waals surface area contributed by atoms with Crippen molar-refractivity contribution in [3.63, 3.8) is 0 Å². The maximum absolute atomic E-state index is 6.63. The molecule has 0 radical (unpaired) electrons. The Bertz CT molecular complexity index is 4040. The fourth-order valence-corrected chi connectivity index (χ4v) is 11.7. The van der Waals surface area contributed by atoms with E-state index in [2.05, 4.69) is 159 Å². The van der Waals surface area contributed by atoms with Gasteiger partial charge in [-0.2, -0.15) is 0 Å². The maximum atomic E-state index is 6.63. The highest BCUT2D eigenvalue weighted by molar-refractivity contribution is 7.25. The summed E-state index contributed by atoms with van der Waals surface area (Å²) in [6.45, 7) is 4.67. The number of thiophene rings is 1. The van der Waals surface area contributed by atoms with Crippen LogP contribution in [0.2, 0.25) is 0 Å². The summed E-state index contributed by atoms with van der Waals surface area (Å²) < 4.78 is 15.4. The molecule has 14 rings (SSSR count). The molecule has 0 saturated carbocycles. The van der Waals surface area contributed by atoms with Crippen LogP contribution in [-0.2, 0) is 5.41 Å². The van der Waals surface area contributed by atoms with E-state index < -0.39 is 0 Å². The average molecular weight is 864 g/mol. The van der Waals surface area contributed by atoms with Gasteiger partial charge in [0.2, 0.25) is 0 Å². The van der Waals surface area contributed by atoms with E-state index in [9.17, 15) is 0 Å². The highest BCUT2D eigenvalue weighted by atomic mass is 32.1. The van der Waals surface area contributed by atoms with Crippen LogP contribution >= 0.6 is 11.3 Å². The zero-order valence-corrected chi connectivity index (χ0v) is 36.8. The molecular weight excluding hydrogens is 827 g/mol. The van der Waals surface area contributed by atoms with Gasteiger partial charge in [-0.15, -0.1) is 11.3 Å². The van der Waals surface area contributed by atoms with Crippen LogP contribution < -0.4 is 0 Å². The zero-order chi connectivity index (χ0) is 43.7. The Hall–Kier alpha value is -8.19. The number of hydrogen-bond acceptors (Lipinski definition) is 6. The van der Waals surface area contributed by atoms with Crippen LogP contribution in [0.3, 0.4) is 0 Å². The minimum atomic E-state index is -0.0722. The molecule has 0 fully saturated rings. The van der Waals surface area contributed by atoms with Crippen molar-refractivity contribution < 1.29 is 8.83 Å². The van der Waals surface area contributed by atoms with Crippen LogP contribution in [0.5, 0.6) is 0 Å². The number of nitrogens with zero attached hydrogens (tertiary/aromatic N) is 3. The molecule has 9 aromatic carbocycles. The molecular formula is C60H37N3O2S. The molecule has 13 aromatic rings. The highest BCUT2D eigenvalue weighted by Crippen LogP contribution is 2.50. The SMILES string of the molecule is CC1(C)c2ccccc2-c2ccc(-c3cccc(-c4ccc5oc6cccc(-c7nc(-c8cccc9oc%10ccccc%10c89)nc(-c8cccc9sc%10ccccc%10c89)n7)c6c5c4)c3)cc21. The first kappa shape index (κ1) is 37.2. The second-order valence-corrected chi connectivity index (χ2v) is 18.9. The lowest BCUT2D eigenvalue weighted by Gasteiger charge is -2.22. The van der Waals surface area contributed by atoms with E-state index in [1.165, 1.54) is 48.2 Å². The lowest BCUT2D eigenvalue weighted by atomic mass is 9.81. The molecule has 1 aliphatic rings. The number of fused-ring (bicyclic) bond motifs is 12. The second-order valence-electron chi connectivity index (χ2n) is 17.9. The first-order chi connectivity index (χ1) is 32.4. The van der Waals surface area contributed by atoms with Gasteiger partial charge in [0.25, 0.3) is 0 Å². The summed E-state index contributed by atoms with van der Waals surface area (Å²) in [4.78, 5) is 16.1. The summed E-state index contributed by atoms with van der Waals surface area (Å²) >= 11 is 1.79. The fourth-order valence-electron chi connectivity index (χ4n) is 10.6. The summed E-state index contributed by atoms with van der Waals surface area (Å²) in [7, 11) is 0. The van der Waals surface area contributed by atoms with Crippen LogP contribution in [-0.4, -0.2) is 15.0 Å². The Morgan fingerprint density at radius 2 is 0.848 bits per heavy atom. The van der Waals surface area contributed by atoms with Crippen LogP contribution in [0.25, 0.3) is 132 Å². The third-order valence-corrected chi connectivity index (χ3v) is 14.9. The average Bonchev–Trinajstić information content (AvgIpc) is 4.11. The van der Waals surface area contributed by atoms with Crippen LogP contribution in [0.1, 0.15) is 25.0 Å². The Morgan fingerprint density at radius 1 is 0.348 bits per heavy atom. The van der Waals surface area contributed by atoms with E-state index >= 15 is 0 Å². The van der Waals surface area contributed by atoms with E-state index in [1.54, 1.807) is 11.3 Å². The van der Waals surface area contributed by atoms with Gasteiger partial charge in [0.1, 0.15) is 22.3 Å². The summed E-state index contributed by atoms with van der Waals surface area (Å²) in [6.07, 6.45) is 0. The molecule has 1 aliphatic carbocycles. The molecule has 4 heterocycles. The van der Waals surface area contributed by atoms with Crippen molar-refractivity contribution in [1.29, 1.82) is 0 Å². The molecule has 5 nitrogen and oxygen atoms in total. The van der Waals surface area contributed by atoms with Crippen molar-refractivity contribution in [3.8, 4) is 67.5 Å². The third-order valence-electron chi connectivity index (χ3n) is 13.8. The van der Waals surface area contributed by atoms with Gasteiger partial charge in [-0.3, -0.25) is 0 Å². The van der Waals surface area contributed by atoms with Gasteiger partial charge in [0.05, 0.1) is 0 Å². The second kappa shape index (κ2) is 13.9. The summed E-state index contributed by atoms with van der Waals surface area (Å²) in [6, 6.07) is 66.6. The summed E-state index contributed by atoms with van der Waals surface area (Å²) in [5, 5.41) is 6.27. The molecule has 0 amide bonds. The number of furan rings is 2. The molecule has 0 bridgehead atoms. The van der Waals surface area contributed by atoms with Gasteiger partial charge in [-0.1, -0.05) is 147 Å². The van der Waals surface area contributed by atoms with Crippen molar-refractivity contribution in [2.24, 2.45) is 0 Å². The Balaban J connectivity index is 0.951. The number of hydrogen-bond donors (Lipinski definition) is 0. The molecule has 0 aliphatic heterocycles. The summed E-state index contributed by atoms with van der Waals surface area (Å²) in [5.74, 6) is 1.75. The third kappa shape index (κ3) is 5.49. The molecule has 310 valence electrons. The normalized spacial score (nSPS) is 13.1. The van der Waals surface area contributed by atoms with E-state index in [0.29, 0.717) is 17.5 Å². The largest absolute Gasteiger partial charge is 0.456 e. The highest BCUT2D eigenvalue weighted by Gasteiger charge is 2.35. The number of aromatic nitrogens is 3. The number of rotatable bonds is 5. The Kier molecular flexibility index (Phi) is 7.84. The van der Waals surface area contributed by atoms with Gasteiger partial charge in [-0.25, -0.2) is 15.0 Å². The summed E-state index contributed by atoms with van der Waals surface area (Å²) in [5.41, 5.74) is 15.8. The predicted molar refractivity (Wildman–Crippen MR) is 272 cm³/mol. The first-order valence-corrected chi connectivity index (χ1v) is 23.1. The van der Waals surface area contributed by atoms with E-state index in [-0.39, 0.29) is 5.41 Å². The van der Waals surface area contributed by atoms with Gasteiger partial charge in [0.15, 0.2) is 17.5 Å². The monoisotopic (exact) mass is 863 g/mol. The Labute approximate surface area is 383 Å². The molecule has 0 N–H and O–H groups in total. The van der Waals surface area contributed by atoms with Crippen molar-refractivity contribution >= 4 is 75.4 Å². The molecule has 0 atom stereocenters. The smallest absolute Gasteiger partial charge is 0.164 e. The molecule has 0 saturated heterocycles. The van der Waals surface area contributed by atoms with Gasteiger partial charge < -0.3 is 8.83 Å². The molecule has 0 spiro atoms. The minimum absolute atomic E-state index is 0.0722. The fraction of sp³-hybridized carbons (Fsp3) is 0.0500. The molecule has 0 unspecified atom stereocenters. The Morgan fingerprint density at radius 3 is 1.61 bits per heavy atom. The van der Waals surface area contributed by atoms with Crippen molar-refractivity contribution in [2.75, 3.05) is 0 Å². The van der Waals surface area contributed by atoms with Crippen molar-refractivity contribution in [3.05, 3.63) is 199 Å². The van der Waals surface area contributed by atoms with E-state index in [0.717, 1.165) is 77.1 Å². The van der Waals surface area contributed by atoms with Crippen molar-refractivity contribution in [1.82, 2.24) is 15.0 Å². The van der Waals surface area contributed by atoms with E-state index in [1.807, 2.05) is 42.5 Å². The standard InChI is InChI=1S/C60H37N3O2S/c1-60(2)46-21-6-3-15-38(46)39-29-27-37(33-47(39)60)35-14-9-13-34(31-35)36-28-30-49-45(32-36)55-43(19-11-24-51(55)65-49)58-61-57(42-18-10-23-50-54(42)40-16-4-7-22-48(40)64-50)62-59(63-58)44-20-12-26-53-56(44)41-17-5-8-25-52(41)66-53/h3-33H,1-2H3. The van der Waals surface area contributed by atoms with Gasteiger partial charge in [-0.05, 0) is 99.1 Å². The number of para-hydroxylation sites is 1. The van der Waals surface area contributed by atoms with Gasteiger partial charge in [0, 0.05) is 63.8 Å². The molecule has 6 heteroatoms. The zero-order valence-electron chi connectivity index (χ0n) is 36.0. The number of benzene rings is 9. The predicted octanol–water partition coefficient (Wildman–Crippen LogP) is 16.7.